The first kappa shape index (κ1) is 21.2. The first-order chi connectivity index (χ1) is 11.1. The Kier molecular flexibility index (Phi) is 10.3. The molecule has 8 heteroatoms. The summed E-state index contributed by atoms with van der Waals surface area (Å²) in [5.41, 5.74) is 0. The molecular formula is C16H27IN4O2S. The SMILES string of the molecule is CN(C)C(=O)CN=C(NCCc1cccs1)NCC1CCCO1.I. The van der Waals surface area contributed by atoms with E-state index in [9.17, 15) is 4.79 Å². The lowest BCUT2D eigenvalue weighted by Crippen LogP contribution is -2.42. The standard InChI is InChI=1S/C16H26N4O2S.HI/c1-20(2)15(21)12-19-16(18-11-13-5-3-9-22-13)17-8-7-14-6-4-10-23-14;/h4,6,10,13H,3,5,7-9,11-12H2,1-2H3,(H2,17,18,19);1H. The quantitative estimate of drug-likeness (QED) is 0.365. The topological polar surface area (TPSA) is 66.0 Å². The summed E-state index contributed by atoms with van der Waals surface area (Å²) in [6, 6.07) is 4.18. The number of halogens is 1. The van der Waals surface area contributed by atoms with Crippen LogP contribution >= 0.6 is 35.3 Å². The van der Waals surface area contributed by atoms with Crippen molar-refractivity contribution in [1.29, 1.82) is 0 Å². The Morgan fingerprint density at radius 2 is 2.29 bits per heavy atom. The van der Waals surface area contributed by atoms with Crippen LogP contribution in [0.25, 0.3) is 0 Å². The molecule has 1 aliphatic heterocycles. The fourth-order valence-electron chi connectivity index (χ4n) is 2.24. The first-order valence-corrected chi connectivity index (χ1v) is 8.89. The Morgan fingerprint density at radius 1 is 1.46 bits per heavy atom. The number of carbonyl (C=O) groups excluding carboxylic acids is 1. The fraction of sp³-hybridized carbons (Fsp3) is 0.625. The van der Waals surface area contributed by atoms with E-state index in [4.69, 9.17) is 4.74 Å². The van der Waals surface area contributed by atoms with Crippen LogP contribution in [0.5, 0.6) is 0 Å². The molecule has 1 aliphatic rings. The van der Waals surface area contributed by atoms with E-state index >= 15 is 0 Å². The van der Waals surface area contributed by atoms with Crippen LogP contribution in [-0.2, 0) is 16.0 Å². The van der Waals surface area contributed by atoms with Crippen molar-refractivity contribution in [2.24, 2.45) is 4.99 Å². The van der Waals surface area contributed by atoms with Gasteiger partial charge in [-0.25, -0.2) is 4.99 Å². The second-order valence-corrected chi connectivity index (χ2v) is 6.76. The molecule has 24 heavy (non-hydrogen) atoms. The third-order valence-corrected chi connectivity index (χ3v) is 4.57. The molecule has 0 bridgehead atoms. The maximum Gasteiger partial charge on any atom is 0.243 e. The largest absolute Gasteiger partial charge is 0.376 e. The van der Waals surface area contributed by atoms with Crippen molar-refractivity contribution in [3.05, 3.63) is 22.4 Å². The molecule has 6 nitrogen and oxygen atoms in total. The van der Waals surface area contributed by atoms with E-state index in [1.54, 1.807) is 30.3 Å². The lowest BCUT2D eigenvalue weighted by atomic mass is 10.2. The number of thiophene rings is 1. The van der Waals surface area contributed by atoms with E-state index in [0.29, 0.717) is 5.96 Å². The number of ether oxygens (including phenoxy) is 1. The Labute approximate surface area is 165 Å². The highest BCUT2D eigenvalue weighted by molar-refractivity contribution is 14.0. The second-order valence-electron chi connectivity index (χ2n) is 5.73. The number of aliphatic imine (C=N–C) groups is 1. The monoisotopic (exact) mass is 466 g/mol. The van der Waals surface area contributed by atoms with Gasteiger partial charge in [0.25, 0.3) is 0 Å². The number of nitrogens with zero attached hydrogens (tertiary/aromatic N) is 2. The van der Waals surface area contributed by atoms with Gasteiger partial charge in [-0.05, 0) is 30.7 Å². The van der Waals surface area contributed by atoms with Gasteiger partial charge in [0.2, 0.25) is 5.91 Å². The van der Waals surface area contributed by atoms with Gasteiger partial charge in [0.15, 0.2) is 5.96 Å². The average molecular weight is 466 g/mol. The lowest BCUT2D eigenvalue weighted by Gasteiger charge is -2.16. The van der Waals surface area contributed by atoms with Gasteiger partial charge >= 0.3 is 0 Å². The molecule has 1 atom stereocenters. The maximum absolute atomic E-state index is 11.7. The molecule has 0 spiro atoms. The summed E-state index contributed by atoms with van der Waals surface area (Å²) in [5.74, 6) is 0.661. The van der Waals surface area contributed by atoms with E-state index in [0.717, 1.165) is 39.0 Å². The Hall–Kier alpha value is -0.870. The van der Waals surface area contributed by atoms with E-state index in [1.807, 2.05) is 0 Å². The summed E-state index contributed by atoms with van der Waals surface area (Å²) in [6.07, 6.45) is 3.37. The number of amides is 1. The van der Waals surface area contributed by atoms with Gasteiger partial charge in [0.1, 0.15) is 6.54 Å². The summed E-state index contributed by atoms with van der Waals surface area (Å²) >= 11 is 1.75. The molecule has 0 aromatic carbocycles. The van der Waals surface area contributed by atoms with Crippen molar-refractivity contribution in [1.82, 2.24) is 15.5 Å². The number of hydrogen-bond acceptors (Lipinski definition) is 4. The molecule has 1 aromatic rings. The highest BCUT2D eigenvalue weighted by atomic mass is 127. The van der Waals surface area contributed by atoms with Crippen LogP contribution in [0.15, 0.2) is 22.5 Å². The van der Waals surface area contributed by atoms with Crippen molar-refractivity contribution >= 4 is 47.2 Å². The second kappa shape index (κ2) is 11.6. The van der Waals surface area contributed by atoms with Crippen molar-refractivity contribution < 1.29 is 9.53 Å². The van der Waals surface area contributed by atoms with Crippen LogP contribution in [0.1, 0.15) is 17.7 Å². The minimum atomic E-state index is -0.0125. The smallest absolute Gasteiger partial charge is 0.243 e. The number of hydrogen-bond donors (Lipinski definition) is 2. The van der Waals surface area contributed by atoms with Crippen molar-refractivity contribution in [3.8, 4) is 0 Å². The number of carbonyl (C=O) groups is 1. The molecule has 1 aromatic heterocycles. The molecule has 0 radical (unpaired) electrons. The van der Waals surface area contributed by atoms with Crippen molar-refractivity contribution in [2.75, 3.05) is 40.3 Å². The Balaban J connectivity index is 0.00000288. The minimum Gasteiger partial charge on any atom is -0.376 e. The molecule has 1 fully saturated rings. The third kappa shape index (κ3) is 7.80. The van der Waals surface area contributed by atoms with Crippen molar-refractivity contribution in [2.45, 2.75) is 25.4 Å². The fourth-order valence-corrected chi connectivity index (χ4v) is 2.95. The Bertz CT molecular complexity index is 502. The van der Waals surface area contributed by atoms with Gasteiger partial charge in [0, 0.05) is 38.7 Å². The van der Waals surface area contributed by atoms with E-state index in [2.05, 4.69) is 33.1 Å². The lowest BCUT2D eigenvalue weighted by molar-refractivity contribution is -0.127. The number of likely N-dealkylation sites (N-methyl/N-ethyl adjacent to an activating group) is 1. The van der Waals surface area contributed by atoms with Crippen LogP contribution in [0.2, 0.25) is 0 Å². The molecule has 0 aliphatic carbocycles. The Morgan fingerprint density at radius 3 is 2.92 bits per heavy atom. The summed E-state index contributed by atoms with van der Waals surface area (Å²) < 4.78 is 5.61. The molecule has 1 amide bonds. The van der Waals surface area contributed by atoms with Crippen LogP contribution in [0.3, 0.4) is 0 Å². The zero-order valence-electron chi connectivity index (χ0n) is 14.3. The molecule has 2 heterocycles. The summed E-state index contributed by atoms with van der Waals surface area (Å²) in [5, 5.41) is 8.66. The molecular weight excluding hydrogens is 439 g/mol. The molecule has 0 saturated carbocycles. The van der Waals surface area contributed by atoms with Crippen molar-refractivity contribution in [3.63, 3.8) is 0 Å². The number of rotatable bonds is 7. The highest BCUT2D eigenvalue weighted by Gasteiger charge is 2.15. The summed E-state index contributed by atoms with van der Waals surface area (Å²) in [6.45, 7) is 2.49. The predicted molar refractivity (Wildman–Crippen MR) is 109 cm³/mol. The summed E-state index contributed by atoms with van der Waals surface area (Å²) in [4.78, 5) is 19.0. The van der Waals surface area contributed by atoms with E-state index < -0.39 is 0 Å². The van der Waals surface area contributed by atoms with Crippen LogP contribution in [0, 0.1) is 0 Å². The average Bonchev–Trinajstić information content (AvgIpc) is 3.22. The van der Waals surface area contributed by atoms with Crippen LogP contribution in [-0.4, -0.2) is 63.2 Å². The molecule has 2 rings (SSSR count). The number of nitrogens with one attached hydrogen (secondary N) is 2. The number of guanidine groups is 1. The van der Waals surface area contributed by atoms with Gasteiger partial charge in [-0.1, -0.05) is 6.07 Å². The van der Waals surface area contributed by atoms with Gasteiger partial charge in [-0.15, -0.1) is 35.3 Å². The molecule has 1 saturated heterocycles. The zero-order chi connectivity index (χ0) is 16.5. The van der Waals surface area contributed by atoms with Gasteiger partial charge in [0.05, 0.1) is 6.10 Å². The van der Waals surface area contributed by atoms with E-state index in [1.165, 1.54) is 4.88 Å². The van der Waals surface area contributed by atoms with Gasteiger partial charge in [-0.3, -0.25) is 4.79 Å². The third-order valence-electron chi connectivity index (χ3n) is 3.64. The minimum absolute atomic E-state index is 0. The molecule has 136 valence electrons. The maximum atomic E-state index is 11.7. The normalized spacial score (nSPS) is 17.2. The predicted octanol–water partition coefficient (Wildman–Crippen LogP) is 1.71. The molecule has 1 unspecified atom stereocenters. The highest BCUT2D eigenvalue weighted by Crippen LogP contribution is 2.10. The van der Waals surface area contributed by atoms with Gasteiger partial charge < -0.3 is 20.3 Å². The van der Waals surface area contributed by atoms with Crippen LogP contribution in [0.4, 0.5) is 0 Å². The summed E-state index contributed by atoms with van der Waals surface area (Å²) in [7, 11) is 3.48. The zero-order valence-corrected chi connectivity index (χ0v) is 17.4. The van der Waals surface area contributed by atoms with Crippen LogP contribution < -0.4 is 10.6 Å². The first-order valence-electron chi connectivity index (χ1n) is 8.01. The van der Waals surface area contributed by atoms with E-state index in [-0.39, 0.29) is 42.5 Å². The molecule has 2 N–H and O–H groups in total. The van der Waals surface area contributed by atoms with Gasteiger partial charge in [-0.2, -0.15) is 0 Å².